The van der Waals surface area contributed by atoms with Gasteiger partial charge in [-0.2, -0.15) is 15.8 Å². The van der Waals surface area contributed by atoms with Crippen LogP contribution in [0.15, 0.2) is 24.3 Å². The minimum Gasteiger partial charge on any atom is -0.192 e. The van der Waals surface area contributed by atoms with Crippen molar-refractivity contribution in [1.82, 2.24) is 0 Å². The fourth-order valence-corrected chi connectivity index (χ4v) is 1.86. The fraction of sp³-hybridized carbons (Fsp3) is 0. The van der Waals surface area contributed by atoms with Crippen LogP contribution in [0.2, 0.25) is 0 Å². The summed E-state index contributed by atoms with van der Waals surface area (Å²) in [7, 11) is 0. The lowest BCUT2D eigenvalue weighted by Gasteiger charge is -2.05. The van der Waals surface area contributed by atoms with Gasteiger partial charge in [0.15, 0.2) is 0 Å². The van der Waals surface area contributed by atoms with E-state index in [0.717, 1.165) is 0 Å². The van der Waals surface area contributed by atoms with E-state index in [9.17, 15) is 0 Å². The van der Waals surface area contributed by atoms with Gasteiger partial charge in [0.05, 0.1) is 16.7 Å². The number of nitrogens with zero attached hydrogens (tertiary/aromatic N) is 3. The first-order valence-corrected chi connectivity index (χ1v) is 5.03. The van der Waals surface area contributed by atoms with Crippen LogP contribution in [0, 0.1) is 46.3 Å². The van der Waals surface area contributed by atoms with Crippen LogP contribution in [-0.4, -0.2) is 0 Å². The summed E-state index contributed by atoms with van der Waals surface area (Å²) in [6.45, 7) is 0. The van der Waals surface area contributed by atoms with Gasteiger partial charge >= 0.3 is 0 Å². The molecule has 0 bridgehead atoms. The third-order valence-electron chi connectivity index (χ3n) is 2.70. The van der Waals surface area contributed by atoms with E-state index < -0.39 is 0 Å². The summed E-state index contributed by atoms with van der Waals surface area (Å²) in [4.78, 5) is 0. The molecule has 0 radical (unpaired) electrons. The molecule has 0 heterocycles. The Morgan fingerprint density at radius 2 is 1.22 bits per heavy atom. The molecule has 0 amide bonds. The largest absolute Gasteiger partial charge is 0.192 e. The summed E-state index contributed by atoms with van der Waals surface area (Å²) in [5, 5.41) is 28.4. The van der Waals surface area contributed by atoms with Crippen LogP contribution in [0.5, 0.6) is 0 Å². The van der Waals surface area contributed by atoms with Crippen molar-refractivity contribution in [2.45, 2.75) is 0 Å². The molecular formula is C15H5N3. The Morgan fingerprint density at radius 1 is 0.722 bits per heavy atom. The van der Waals surface area contributed by atoms with E-state index in [1.54, 1.807) is 18.2 Å². The maximum atomic E-state index is 9.14. The Hall–Kier alpha value is -3.27. The average molecular weight is 227 g/mol. The monoisotopic (exact) mass is 227 g/mol. The highest BCUT2D eigenvalue weighted by molar-refractivity contribution is 5.95. The molecule has 0 aliphatic heterocycles. The van der Waals surface area contributed by atoms with Crippen LogP contribution >= 0.6 is 0 Å². The molecule has 0 saturated heterocycles. The lowest BCUT2D eigenvalue weighted by atomic mass is 9.94. The van der Waals surface area contributed by atoms with Crippen molar-refractivity contribution in [1.29, 1.82) is 15.8 Å². The van der Waals surface area contributed by atoms with Gasteiger partial charge in [-0.05, 0) is 12.1 Å². The van der Waals surface area contributed by atoms with Crippen molar-refractivity contribution < 1.29 is 0 Å². The number of rotatable bonds is 0. The molecule has 2 aromatic carbocycles. The second-order valence-electron chi connectivity index (χ2n) is 3.55. The number of terminal acetylenes is 1. The maximum Gasteiger partial charge on any atom is 0.101 e. The van der Waals surface area contributed by atoms with Gasteiger partial charge in [-0.1, -0.05) is 18.1 Å². The predicted octanol–water partition coefficient (Wildman–Crippen LogP) is 2.44. The summed E-state index contributed by atoms with van der Waals surface area (Å²) in [5.74, 6) is 2.43. The van der Waals surface area contributed by atoms with Crippen LogP contribution in [0.4, 0.5) is 0 Å². The molecule has 0 fully saturated rings. The van der Waals surface area contributed by atoms with E-state index in [-0.39, 0.29) is 5.56 Å². The quantitative estimate of drug-likeness (QED) is 0.649. The van der Waals surface area contributed by atoms with Crippen molar-refractivity contribution >= 4 is 10.8 Å². The zero-order valence-corrected chi connectivity index (χ0v) is 9.23. The minimum atomic E-state index is 0.273. The molecule has 2 rings (SSSR count). The Balaban J connectivity index is 3.03. The molecule has 0 aromatic heterocycles. The van der Waals surface area contributed by atoms with E-state index in [1.807, 2.05) is 18.2 Å². The Bertz CT molecular complexity index is 747. The molecule has 0 aliphatic carbocycles. The molecule has 80 valence electrons. The Morgan fingerprint density at radius 3 is 1.67 bits per heavy atom. The van der Waals surface area contributed by atoms with E-state index in [0.29, 0.717) is 27.5 Å². The van der Waals surface area contributed by atoms with Crippen molar-refractivity contribution in [3.8, 4) is 30.6 Å². The molecule has 0 spiro atoms. The van der Waals surface area contributed by atoms with E-state index in [2.05, 4.69) is 5.92 Å². The molecular weight excluding hydrogens is 222 g/mol. The summed E-state index contributed by atoms with van der Waals surface area (Å²) < 4.78 is 0. The molecule has 3 nitrogen and oxygen atoms in total. The predicted molar refractivity (Wildman–Crippen MR) is 66.0 cm³/mol. The third-order valence-corrected chi connectivity index (χ3v) is 2.70. The molecule has 0 unspecified atom stereocenters. The van der Waals surface area contributed by atoms with Crippen LogP contribution in [0.3, 0.4) is 0 Å². The molecule has 0 N–H and O–H groups in total. The number of benzene rings is 2. The molecule has 3 heteroatoms. The third kappa shape index (κ3) is 1.45. The van der Waals surface area contributed by atoms with E-state index in [1.165, 1.54) is 6.07 Å². The molecule has 0 aliphatic rings. The summed E-state index contributed by atoms with van der Waals surface area (Å²) in [6.07, 6.45) is 5.33. The van der Waals surface area contributed by atoms with Crippen LogP contribution < -0.4 is 0 Å². The topological polar surface area (TPSA) is 71.4 Å². The second-order valence-corrected chi connectivity index (χ2v) is 3.55. The smallest absolute Gasteiger partial charge is 0.101 e. The number of hydrogen-bond acceptors (Lipinski definition) is 3. The standard InChI is InChI=1S/C15H5N3/c1-2-10-3-5-13-12(14(10)8-17)6-4-11(7-16)15(13)9-18/h1,3-6H. The highest BCUT2D eigenvalue weighted by atomic mass is 14.3. The van der Waals surface area contributed by atoms with Gasteiger partial charge in [0, 0.05) is 16.3 Å². The Kier molecular flexibility index (Phi) is 2.68. The van der Waals surface area contributed by atoms with Gasteiger partial charge in [0.25, 0.3) is 0 Å². The number of hydrogen-bond donors (Lipinski definition) is 0. The maximum absolute atomic E-state index is 9.14. The first kappa shape index (κ1) is 11.2. The van der Waals surface area contributed by atoms with Gasteiger partial charge in [-0.15, -0.1) is 6.42 Å². The molecule has 2 aromatic rings. The fourth-order valence-electron chi connectivity index (χ4n) is 1.86. The SMILES string of the molecule is C#Cc1ccc2c(C#N)c(C#N)ccc2c1C#N. The lowest BCUT2D eigenvalue weighted by Crippen LogP contribution is -1.91. The van der Waals surface area contributed by atoms with E-state index >= 15 is 0 Å². The highest BCUT2D eigenvalue weighted by Gasteiger charge is 2.11. The van der Waals surface area contributed by atoms with Gasteiger partial charge in [0.1, 0.15) is 18.2 Å². The van der Waals surface area contributed by atoms with Crippen molar-refractivity contribution in [2.75, 3.05) is 0 Å². The number of fused-ring (bicyclic) bond motifs is 1. The van der Waals surface area contributed by atoms with Crippen molar-refractivity contribution in [2.24, 2.45) is 0 Å². The van der Waals surface area contributed by atoms with Crippen LogP contribution in [-0.2, 0) is 0 Å². The van der Waals surface area contributed by atoms with Crippen molar-refractivity contribution in [3.63, 3.8) is 0 Å². The average Bonchev–Trinajstić information content (AvgIpc) is 2.44. The normalized spacial score (nSPS) is 8.89. The second kappa shape index (κ2) is 4.31. The molecule has 0 atom stereocenters. The Labute approximate surface area is 104 Å². The highest BCUT2D eigenvalue weighted by Crippen LogP contribution is 2.26. The number of nitriles is 3. The lowest BCUT2D eigenvalue weighted by molar-refractivity contribution is 1.44. The molecule has 0 saturated carbocycles. The first-order valence-electron chi connectivity index (χ1n) is 5.03. The summed E-state index contributed by atoms with van der Waals surface area (Å²) >= 11 is 0. The molecule has 18 heavy (non-hydrogen) atoms. The van der Waals surface area contributed by atoms with Crippen LogP contribution in [0.25, 0.3) is 10.8 Å². The van der Waals surface area contributed by atoms with Crippen LogP contribution in [0.1, 0.15) is 22.3 Å². The first-order chi connectivity index (χ1) is 8.76. The van der Waals surface area contributed by atoms with Gasteiger partial charge < -0.3 is 0 Å². The van der Waals surface area contributed by atoms with Gasteiger partial charge in [-0.25, -0.2) is 0 Å². The summed E-state index contributed by atoms with van der Waals surface area (Å²) in [6, 6.07) is 12.5. The minimum absolute atomic E-state index is 0.273. The van der Waals surface area contributed by atoms with E-state index in [4.69, 9.17) is 22.2 Å². The van der Waals surface area contributed by atoms with Crippen molar-refractivity contribution in [3.05, 3.63) is 46.5 Å². The summed E-state index contributed by atoms with van der Waals surface area (Å²) in [5.41, 5.74) is 1.41. The zero-order valence-electron chi connectivity index (χ0n) is 9.23. The zero-order chi connectivity index (χ0) is 13.1. The van der Waals surface area contributed by atoms with Gasteiger partial charge in [0.2, 0.25) is 0 Å². The van der Waals surface area contributed by atoms with Gasteiger partial charge in [-0.3, -0.25) is 0 Å².